The molecule has 138 valence electrons. The molecule has 1 aliphatic heterocycles. The van der Waals surface area contributed by atoms with Crippen LogP contribution < -0.4 is 5.32 Å². The lowest BCUT2D eigenvalue weighted by Crippen LogP contribution is -2.51. The van der Waals surface area contributed by atoms with Crippen LogP contribution in [-0.2, 0) is 16.1 Å². The second-order valence-electron chi connectivity index (χ2n) is 6.85. The van der Waals surface area contributed by atoms with Crippen LogP contribution >= 0.6 is 22.9 Å². The van der Waals surface area contributed by atoms with Crippen molar-refractivity contribution in [1.29, 1.82) is 0 Å². The van der Waals surface area contributed by atoms with Crippen molar-refractivity contribution in [3.63, 3.8) is 0 Å². The standard InChI is InChI=1S/C17H25ClN4O2S/c1-20(10-14-4-5-15(18)25-14)17(24)12-22-8-6-21(7-9-22)11-16(23)19-13-2-3-13/h4-5,13H,2-3,6-12H2,1H3,(H,19,23). The van der Waals surface area contributed by atoms with Gasteiger partial charge in [-0.2, -0.15) is 0 Å². The first-order chi connectivity index (χ1) is 12.0. The molecule has 0 atom stereocenters. The Labute approximate surface area is 157 Å². The van der Waals surface area contributed by atoms with Crippen LogP contribution in [0.25, 0.3) is 0 Å². The number of amides is 2. The van der Waals surface area contributed by atoms with E-state index >= 15 is 0 Å². The van der Waals surface area contributed by atoms with Crippen molar-refractivity contribution < 1.29 is 9.59 Å². The number of hydrogen-bond donors (Lipinski definition) is 1. The Morgan fingerprint density at radius 1 is 1.20 bits per heavy atom. The summed E-state index contributed by atoms with van der Waals surface area (Å²) in [5.74, 6) is 0.241. The summed E-state index contributed by atoms with van der Waals surface area (Å²) in [6.07, 6.45) is 2.24. The molecule has 3 rings (SSSR count). The molecule has 2 fully saturated rings. The van der Waals surface area contributed by atoms with Crippen LogP contribution in [0, 0.1) is 0 Å². The topological polar surface area (TPSA) is 55.9 Å². The molecule has 1 N–H and O–H groups in total. The van der Waals surface area contributed by atoms with E-state index < -0.39 is 0 Å². The second-order valence-corrected chi connectivity index (χ2v) is 8.65. The van der Waals surface area contributed by atoms with Crippen molar-refractivity contribution in [3.8, 4) is 0 Å². The lowest BCUT2D eigenvalue weighted by Gasteiger charge is -2.34. The smallest absolute Gasteiger partial charge is 0.236 e. The monoisotopic (exact) mass is 384 g/mol. The largest absolute Gasteiger partial charge is 0.352 e. The first-order valence-corrected chi connectivity index (χ1v) is 9.91. The average molecular weight is 385 g/mol. The molecule has 1 aromatic rings. The normalized spacial score (nSPS) is 19.0. The minimum absolute atomic E-state index is 0.115. The van der Waals surface area contributed by atoms with Gasteiger partial charge in [0.15, 0.2) is 0 Å². The lowest BCUT2D eigenvalue weighted by molar-refractivity contribution is -0.132. The predicted molar refractivity (Wildman–Crippen MR) is 99.8 cm³/mol. The molecule has 0 aromatic carbocycles. The van der Waals surface area contributed by atoms with Crippen molar-refractivity contribution in [2.24, 2.45) is 0 Å². The van der Waals surface area contributed by atoms with Crippen molar-refractivity contribution in [2.75, 3.05) is 46.3 Å². The van der Waals surface area contributed by atoms with Crippen LogP contribution in [-0.4, -0.2) is 78.9 Å². The molecule has 1 aliphatic carbocycles. The molecule has 2 heterocycles. The molecule has 6 nitrogen and oxygen atoms in total. The van der Waals surface area contributed by atoms with Crippen LogP contribution in [0.1, 0.15) is 17.7 Å². The molecule has 0 bridgehead atoms. The summed E-state index contributed by atoms with van der Waals surface area (Å²) in [6, 6.07) is 4.24. The van der Waals surface area contributed by atoms with Gasteiger partial charge in [0.25, 0.3) is 0 Å². The lowest BCUT2D eigenvalue weighted by atomic mass is 10.3. The van der Waals surface area contributed by atoms with Crippen molar-refractivity contribution >= 4 is 34.8 Å². The highest BCUT2D eigenvalue weighted by Gasteiger charge is 2.26. The van der Waals surface area contributed by atoms with Crippen LogP contribution in [0.15, 0.2) is 12.1 Å². The van der Waals surface area contributed by atoms with Crippen molar-refractivity contribution in [2.45, 2.75) is 25.4 Å². The summed E-state index contributed by atoms with van der Waals surface area (Å²) in [5, 5.41) is 3.02. The number of carbonyl (C=O) groups excluding carboxylic acids is 2. The summed E-state index contributed by atoms with van der Waals surface area (Å²) in [5.41, 5.74) is 0. The van der Waals surface area contributed by atoms with E-state index in [1.54, 1.807) is 4.90 Å². The fraction of sp³-hybridized carbons (Fsp3) is 0.647. The second kappa shape index (κ2) is 8.49. The SMILES string of the molecule is CN(Cc1ccc(Cl)s1)C(=O)CN1CCN(CC(=O)NC2CC2)CC1. The Kier molecular flexibility index (Phi) is 6.33. The van der Waals surface area contributed by atoms with E-state index in [9.17, 15) is 9.59 Å². The highest BCUT2D eigenvalue weighted by molar-refractivity contribution is 7.16. The Bertz CT molecular complexity index is 612. The number of nitrogens with zero attached hydrogens (tertiary/aromatic N) is 3. The third-order valence-corrected chi connectivity index (χ3v) is 5.80. The third kappa shape index (κ3) is 5.95. The van der Waals surface area contributed by atoms with Crippen LogP contribution in [0.2, 0.25) is 4.34 Å². The van der Waals surface area contributed by atoms with Crippen molar-refractivity contribution in [1.82, 2.24) is 20.0 Å². The fourth-order valence-corrected chi connectivity index (χ4v) is 4.02. The fourth-order valence-electron chi connectivity index (χ4n) is 2.88. The number of likely N-dealkylation sites (N-methyl/N-ethyl adjacent to an activating group) is 1. The highest BCUT2D eigenvalue weighted by Crippen LogP contribution is 2.22. The minimum atomic E-state index is 0.115. The maximum atomic E-state index is 12.4. The van der Waals surface area contributed by atoms with E-state index in [1.807, 2.05) is 19.2 Å². The van der Waals surface area contributed by atoms with E-state index in [0.717, 1.165) is 48.2 Å². The zero-order valence-electron chi connectivity index (χ0n) is 14.5. The molecule has 0 spiro atoms. The molecular weight excluding hydrogens is 360 g/mol. The molecular formula is C17H25ClN4O2S. The molecule has 2 amide bonds. The Morgan fingerprint density at radius 3 is 2.40 bits per heavy atom. The quantitative estimate of drug-likeness (QED) is 0.768. The number of halogens is 1. The number of hydrogen-bond acceptors (Lipinski definition) is 5. The molecule has 2 aliphatic rings. The van der Waals surface area contributed by atoms with Gasteiger partial charge in [-0.3, -0.25) is 19.4 Å². The van der Waals surface area contributed by atoms with E-state index in [4.69, 9.17) is 11.6 Å². The number of piperazine rings is 1. The summed E-state index contributed by atoms with van der Waals surface area (Å²) in [6.45, 7) is 4.79. The van der Waals surface area contributed by atoms with Crippen molar-refractivity contribution in [3.05, 3.63) is 21.3 Å². The van der Waals surface area contributed by atoms with Gasteiger partial charge in [0.2, 0.25) is 11.8 Å². The molecule has 0 unspecified atom stereocenters. The minimum Gasteiger partial charge on any atom is -0.352 e. The van der Waals surface area contributed by atoms with Crippen LogP contribution in [0.5, 0.6) is 0 Å². The van der Waals surface area contributed by atoms with Gasteiger partial charge in [0.05, 0.1) is 24.0 Å². The Morgan fingerprint density at radius 2 is 1.84 bits per heavy atom. The summed E-state index contributed by atoms with van der Waals surface area (Å²) >= 11 is 7.44. The zero-order chi connectivity index (χ0) is 17.8. The van der Waals surface area contributed by atoms with E-state index in [-0.39, 0.29) is 11.8 Å². The number of nitrogens with one attached hydrogen (secondary N) is 1. The van der Waals surface area contributed by atoms with E-state index in [2.05, 4.69) is 15.1 Å². The van der Waals surface area contributed by atoms with Gasteiger partial charge in [0.1, 0.15) is 0 Å². The first kappa shape index (κ1) is 18.6. The Balaban J connectivity index is 1.36. The maximum absolute atomic E-state index is 12.4. The van der Waals surface area contributed by atoms with Gasteiger partial charge >= 0.3 is 0 Å². The summed E-state index contributed by atoms with van der Waals surface area (Å²) in [7, 11) is 1.83. The molecule has 8 heteroatoms. The predicted octanol–water partition coefficient (Wildman–Crippen LogP) is 1.26. The van der Waals surface area contributed by atoms with Gasteiger partial charge in [-0.15, -0.1) is 11.3 Å². The number of thiophene rings is 1. The number of rotatable bonds is 7. The number of carbonyl (C=O) groups is 2. The summed E-state index contributed by atoms with van der Waals surface area (Å²) in [4.78, 5) is 31.4. The highest BCUT2D eigenvalue weighted by atomic mass is 35.5. The van der Waals surface area contributed by atoms with E-state index in [1.165, 1.54) is 11.3 Å². The molecule has 1 aromatic heterocycles. The van der Waals surface area contributed by atoms with Gasteiger partial charge in [-0.05, 0) is 25.0 Å². The molecule has 0 radical (unpaired) electrons. The molecule has 1 saturated heterocycles. The average Bonchev–Trinajstić information content (AvgIpc) is 3.29. The third-order valence-electron chi connectivity index (χ3n) is 4.58. The van der Waals surface area contributed by atoms with E-state index in [0.29, 0.717) is 25.7 Å². The first-order valence-electron chi connectivity index (χ1n) is 8.72. The zero-order valence-corrected chi connectivity index (χ0v) is 16.1. The summed E-state index contributed by atoms with van der Waals surface area (Å²) < 4.78 is 0.748. The van der Waals surface area contributed by atoms with Gasteiger partial charge < -0.3 is 10.2 Å². The van der Waals surface area contributed by atoms with Gasteiger partial charge in [-0.1, -0.05) is 11.6 Å². The molecule has 25 heavy (non-hydrogen) atoms. The van der Waals surface area contributed by atoms with Crippen LogP contribution in [0.3, 0.4) is 0 Å². The van der Waals surface area contributed by atoms with Gasteiger partial charge in [0, 0.05) is 44.1 Å². The molecule has 1 saturated carbocycles. The van der Waals surface area contributed by atoms with Gasteiger partial charge in [-0.25, -0.2) is 0 Å². The van der Waals surface area contributed by atoms with Crippen LogP contribution in [0.4, 0.5) is 0 Å². The Hall–Kier alpha value is -1.15. The maximum Gasteiger partial charge on any atom is 0.236 e.